The molecule has 0 radical (unpaired) electrons. The maximum atomic E-state index is 13.7. The van der Waals surface area contributed by atoms with E-state index in [-0.39, 0.29) is 97.2 Å². The number of carbonyl (C=O) groups is 5. The molecule has 4 heterocycles. The molecule has 282 valence electrons. The van der Waals surface area contributed by atoms with Crippen LogP contribution in [0.3, 0.4) is 0 Å². The standard InChI is InChI=1S/C28H29Cl2N11O10S2.2Na/c1-41(2,6-5-32-23(46)11-3-4-12(42)20(45)15(11)29)8-10-9-52-26-18(25(48)40(26)19(10)22-35-38-39-36-22)33-24(47)17(16-21(30)53-28(31)34-16)37-51-13(27(49)50)7-14(43)44;;/h3-4,13,18,26H,5-9H2,1-2H3,(H8-,31,32,33,34,35,36,37,38,39,42,43,44,45,46,47,49,50);;/q;2*+1/p-2/t13-,18+,26+;;/m0../s1. The third-order valence-corrected chi connectivity index (χ3v) is 10.6. The molecule has 2 aromatic heterocycles. The molecule has 3 atom stereocenters. The van der Waals surface area contributed by atoms with Crippen molar-refractivity contribution in [3.8, 4) is 11.5 Å². The number of halogens is 2. The SMILES string of the molecule is C[N+](C)(CCNC(=O)c1ccc(O)c(O)c1Cl)CC1=C(c2nnn[n-]2)N2C(=O)[C@@H](NC(=O)/C(=N\O[C@@H](CC(=O)[O-])C(=O)[O-])c3nc(N)sc3Cl)[C@H]2SC1.[Na+].[Na+]. The van der Waals surface area contributed by atoms with Crippen LogP contribution < -0.4 is 90.8 Å². The Kier molecular flexibility index (Phi) is 16.2. The van der Waals surface area contributed by atoms with Gasteiger partial charge in [0.05, 0.1) is 55.3 Å². The van der Waals surface area contributed by atoms with Crippen molar-refractivity contribution in [1.29, 1.82) is 0 Å². The molecule has 1 aromatic carbocycles. The number of nitrogen functional groups attached to an aromatic ring is 1. The van der Waals surface area contributed by atoms with Gasteiger partial charge in [-0.3, -0.25) is 29.6 Å². The van der Waals surface area contributed by atoms with Crippen molar-refractivity contribution in [2.45, 2.75) is 23.9 Å². The van der Waals surface area contributed by atoms with Gasteiger partial charge in [-0.15, -0.1) is 11.8 Å². The first-order chi connectivity index (χ1) is 25.0. The third-order valence-electron chi connectivity index (χ3n) is 7.75. The van der Waals surface area contributed by atoms with E-state index >= 15 is 0 Å². The number of phenols is 2. The Balaban J connectivity index is 0.00000406. The van der Waals surface area contributed by atoms with Crippen molar-refractivity contribution in [3.63, 3.8) is 0 Å². The molecule has 1 fully saturated rings. The smallest absolute Gasteiger partial charge is 0.550 e. The number of nitrogens with zero attached hydrogens (tertiary/aromatic N) is 8. The molecule has 0 saturated carbocycles. The van der Waals surface area contributed by atoms with Gasteiger partial charge in [0.1, 0.15) is 28.0 Å². The van der Waals surface area contributed by atoms with Gasteiger partial charge >= 0.3 is 59.1 Å². The number of likely N-dealkylation sites (N-methyl/N-ethyl adjacent to an activating group) is 1. The fraction of sp³-hybridized carbons (Fsp3) is 0.357. The summed E-state index contributed by atoms with van der Waals surface area (Å²) in [6.07, 6.45) is -3.30. The van der Waals surface area contributed by atoms with Crippen molar-refractivity contribution in [2.24, 2.45) is 5.16 Å². The molecule has 0 spiro atoms. The maximum Gasteiger partial charge on any atom is 1.00 e. The van der Waals surface area contributed by atoms with Crippen LogP contribution in [0.25, 0.3) is 5.70 Å². The van der Waals surface area contributed by atoms with Gasteiger partial charge in [-0.1, -0.05) is 39.7 Å². The van der Waals surface area contributed by atoms with E-state index in [0.717, 1.165) is 23.0 Å². The summed E-state index contributed by atoms with van der Waals surface area (Å²) in [6.45, 7) is 0.900. The second-order valence-corrected chi connectivity index (χ2v) is 15.1. The second-order valence-electron chi connectivity index (χ2n) is 12.0. The number of carboxylic acids is 2. The molecule has 0 unspecified atom stereocenters. The van der Waals surface area contributed by atoms with Gasteiger partial charge in [-0.25, -0.2) is 4.98 Å². The van der Waals surface area contributed by atoms with Gasteiger partial charge in [0, 0.05) is 23.7 Å². The fourth-order valence-corrected chi connectivity index (χ4v) is 7.75. The molecule has 0 aliphatic carbocycles. The van der Waals surface area contributed by atoms with Crippen LogP contribution >= 0.6 is 46.3 Å². The molecule has 21 nitrogen and oxygen atoms in total. The Morgan fingerprint density at radius 3 is 2.53 bits per heavy atom. The van der Waals surface area contributed by atoms with Gasteiger partial charge in [-0.05, 0) is 12.1 Å². The number of hydrogen-bond donors (Lipinski definition) is 5. The molecule has 0 bridgehead atoms. The minimum Gasteiger partial charge on any atom is -0.550 e. The number of aliphatic carboxylic acids is 2. The summed E-state index contributed by atoms with van der Waals surface area (Å²) in [5.74, 6) is -6.67. The molecule has 27 heteroatoms. The summed E-state index contributed by atoms with van der Waals surface area (Å²) >= 11 is 14.3. The number of thioether (sulfide) groups is 1. The first-order valence-electron chi connectivity index (χ1n) is 15.0. The zero-order valence-corrected chi connectivity index (χ0v) is 36.5. The summed E-state index contributed by atoms with van der Waals surface area (Å²) in [7, 11) is 3.76. The number of quaternary nitrogens is 1. The van der Waals surface area contributed by atoms with E-state index in [1.165, 1.54) is 22.7 Å². The molecule has 2 aliphatic heterocycles. The van der Waals surface area contributed by atoms with E-state index in [2.05, 4.69) is 41.4 Å². The van der Waals surface area contributed by atoms with Crippen molar-refractivity contribution in [2.75, 3.05) is 45.2 Å². The number of aromatic hydroxyl groups is 2. The second kappa shape index (κ2) is 19.3. The Morgan fingerprint density at radius 2 is 1.93 bits per heavy atom. The number of aromatic nitrogens is 5. The van der Waals surface area contributed by atoms with Crippen LogP contribution in [-0.4, -0.2) is 132 Å². The normalized spacial score (nSPS) is 17.2. The van der Waals surface area contributed by atoms with E-state index in [4.69, 9.17) is 33.8 Å². The van der Waals surface area contributed by atoms with Crippen LogP contribution in [0.1, 0.15) is 28.3 Å². The van der Waals surface area contributed by atoms with Gasteiger partial charge in [0.15, 0.2) is 28.4 Å². The number of phenolic OH excluding ortho intramolecular Hbond substituents is 2. The molecule has 6 N–H and O–H groups in total. The molecular weight excluding hydrogens is 831 g/mol. The number of thiazole rings is 1. The van der Waals surface area contributed by atoms with Crippen LogP contribution in [0, 0.1) is 0 Å². The summed E-state index contributed by atoms with van der Waals surface area (Å²) in [5, 5.41) is 64.5. The monoisotopic (exact) mass is 857 g/mol. The summed E-state index contributed by atoms with van der Waals surface area (Å²) < 4.78 is 0.163. The molecule has 3 amide bonds. The fourth-order valence-electron chi connectivity index (χ4n) is 5.24. The van der Waals surface area contributed by atoms with Crippen LogP contribution in [-0.2, 0) is 24.0 Å². The zero-order valence-electron chi connectivity index (χ0n) is 29.3. The number of benzene rings is 1. The number of carbonyl (C=O) groups excluding carboxylic acids is 5. The number of carboxylic acid groups (broad SMARTS) is 2. The number of oxime groups is 1. The Hall–Kier alpha value is -3.23. The predicted octanol–water partition coefficient (Wildman–Crippen LogP) is -9.11. The van der Waals surface area contributed by atoms with Crippen molar-refractivity contribution in [1.82, 2.24) is 41.1 Å². The first kappa shape index (κ1) is 46.2. The van der Waals surface area contributed by atoms with E-state index in [0.29, 0.717) is 29.0 Å². The largest absolute Gasteiger partial charge is 1.00 e. The number of anilines is 1. The molecule has 5 rings (SSSR count). The van der Waals surface area contributed by atoms with E-state index in [1.807, 2.05) is 14.1 Å². The number of fused-ring (bicyclic) bond motifs is 1. The number of rotatable bonds is 15. The van der Waals surface area contributed by atoms with Crippen LogP contribution in [0.2, 0.25) is 9.36 Å². The molecule has 2 aliphatic rings. The molecule has 1 saturated heterocycles. The first-order valence-corrected chi connectivity index (χ1v) is 17.6. The molecule has 3 aromatic rings. The minimum absolute atomic E-state index is 0. The summed E-state index contributed by atoms with van der Waals surface area (Å²) in [6, 6.07) is 1.26. The number of nitrogens with two attached hydrogens (primary N) is 1. The van der Waals surface area contributed by atoms with Crippen LogP contribution in [0.5, 0.6) is 11.5 Å². The van der Waals surface area contributed by atoms with Crippen LogP contribution in [0.4, 0.5) is 5.13 Å². The number of β-lactam (4-membered cyclic amide) rings is 1. The van der Waals surface area contributed by atoms with Gasteiger partial charge < -0.3 is 60.8 Å². The Labute approximate surface area is 373 Å². The Bertz CT molecular complexity index is 2040. The van der Waals surface area contributed by atoms with Gasteiger partial charge in [0.2, 0.25) is 0 Å². The van der Waals surface area contributed by atoms with Crippen molar-refractivity contribution in [3.05, 3.63) is 44.1 Å². The zero-order chi connectivity index (χ0) is 38.8. The molecule has 55 heavy (non-hydrogen) atoms. The number of amides is 3. The topological polar surface area (TPSA) is 312 Å². The predicted molar refractivity (Wildman–Crippen MR) is 182 cm³/mol. The van der Waals surface area contributed by atoms with E-state index < -0.39 is 70.8 Å². The summed E-state index contributed by atoms with van der Waals surface area (Å²) in [5.41, 5.74) is 5.71. The average molecular weight is 859 g/mol. The third kappa shape index (κ3) is 10.6. The average Bonchev–Trinajstić information content (AvgIpc) is 3.74. The van der Waals surface area contributed by atoms with Gasteiger partial charge in [0.25, 0.3) is 17.7 Å². The summed E-state index contributed by atoms with van der Waals surface area (Å²) in [4.78, 5) is 72.4. The number of hydrogen-bond acceptors (Lipinski definition) is 18. The van der Waals surface area contributed by atoms with Crippen LogP contribution in [0.15, 0.2) is 22.9 Å². The quantitative estimate of drug-likeness (QED) is 0.0237. The Morgan fingerprint density at radius 1 is 1.22 bits per heavy atom. The van der Waals surface area contributed by atoms with Crippen molar-refractivity contribution >= 4 is 92.5 Å². The number of tetrazole rings is 1. The maximum absolute atomic E-state index is 13.7. The number of nitrogens with one attached hydrogen (secondary N) is 2. The molecular formula is C28H27Cl2N11Na2O10S2. The van der Waals surface area contributed by atoms with E-state index in [9.17, 15) is 44.4 Å². The minimum atomic E-state index is -2.14. The van der Waals surface area contributed by atoms with Gasteiger partial charge in [-0.2, -0.15) is 5.21 Å². The van der Waals surface area contributed by atoms with Crippen molar-refractivity contribution < 1.29 is 113 Å². The van der Waals surface area contributed by atoms with E-state index in [1.54, 1.807) is 0 Å².